The Balaban J connectivity index is 2.14. The van der Waals surface area contributed by atoms with E-state index in [4.69, 9.17) is 10.5 Å². The van der Waals surface area contributed by atoms with Crippen LogP contribution in [0.5, 0.6) is 5.75 Å². The fourth-order valence-electron chi connectivity index (χ4n) is 1.48. The maximum Gasteiger partial charge on any atom is 0.168 e. The normalized spacial score (nSPS) is 10.3. The SMILES string of the molecule is NCCOc1cccc(Nc2ncc(F)cc2F)c1. The molecule has 0 saturated heterocycles. The lowest BCUT2D eigenvalue weighted by Gasteiger charge is -2.09. The molecule has 19 heavy (non-hydrogen) atoms. The molecule has 3 N–H and O–H groups in total. The van der Waals surface area contributed by atoms with Crippen LogP contribution in [0.4, 0.5) is 20.3 Å². The summed E-state index contributed by atoms with van der Waals surface area (Å²) >= 11 is 0. The fourth-order valence-corrected chi connectivity index (χ4v) is 1.48. The number of nitrogens with one attached hydrogen (secondary N) is 1. The number of aromatic nitrogens is 1. The zero-order chi connectivity index (χ0) is 13.7. The number of nitrogens with two attached hydrogens (primary N) is 1. The number of halogens is 2. The molecule has 0 aliphatic carbocycles. The van der Waals surface area contributed by atoms with Crippen LogP contribution in [0, 0.1) is 11.6 Å². The lowest BCUT2D eigenvalue weighted by molar-refractivity contribution is 0.328. The zero-order valence-electron chi connectivity index (χ0n) is 10.1. The van der Waals surface area contributed by atoms with Gasteiger partial charge in [0.05, 0.1) is 6.20 Å². The molecule has 6 heteroatoms. The Morgan fingerprint density at radius 3 is 2.84 bits per heavy atom. The molecule has 0 radical (unpaired) electrons. The van der Waals surface area contributed by atoms with E-state index >= 15 is 0 Å². The Bertz CT molecular complexity index is 563. The first-order valence-corrected chi connectivity index (χ1v) is 5.70. The van der Waals surface area contributed by atoms with Gasteiger partial charge in [-0.05, 0) is 12.1 Å². The van der Waals surface area contributed by atoms with E-state index in [0.29, 0.717) is 24.6 Å². The van der Waals surface area contributed by atoms with E-state index in [1.165, 1.54) is 0 Å². The van der Waals surface area contributed by atoms with Gasteiger partial charge in [-0.25, -0.2) is 13.8 Å². The van der Waals surface area contributed by atoms with Crippen molar-refractivity contribution in [3.8, 4) is 5.75 Å². The van der Waals surface area contributed by atoms with E-state index in [2.05, 4.69) is 10.3 Å². The van der Waals surface area contributed by atoms with Crippen molar-refractivity contribution in [3.05, 3.63) is 48.2 Å². The van der Waals surface area contributed by atoms with Gasteiger partial charge in [0, 0.05) is 24.4 Å². The van der Waals surface area contributed by atoms with Gasteiger partial charge in [0.25, 0.3) is 0 Å². The minimum atomic E-state index is -0.756. The first-order chi connectivity index (χ1) is 9.19. The van der Waals surface area contributed by atoms with Crippen LogP contribution in [-0.4, -0.2) is 18.1 Å². The van der Waals surface area contributed by atoms with Crippen LogP contribution in [0.25, 0.3) is 0 Å². The molecule has 0 aliphatic rings. The van der Waals surface area contributed by atoms with Gasteiger partial charge in [0.2, 0.25) is 0 Å². The molecular weight excluding hydrogens is 252 g/mol. The van der Waals surface area contributed by atoms with Crippen molar-refractivity contribution in [2.45, 2.75) is 0 Å². The predicted molar refractivity (Wildman–Crippen MR) is 68.4 cm³/mol. The van der Waals surface area contributed by atoms with Crippen molar-refractivity contribution in [2.75, 3.05) is 18.5 Å². The Hall–Kier alpha value is -2.21. The zero-order valence-corrected chi connectivity index (χ0v) is 10.1. The van der Waals surface area contributed by atoms with Gasteiger partial charge in [-0.3, -0.25) is 0 Å². The molecule has 0 amide bonds. The van der Waals surface area contributed by atoms with Crippen LogP contribution < -0.4 is 15.8 Å². The molecule has 0 fully saturated rings. The van der Waals surface area contributed by atoms with Crippen molar-refractivity contribution < 1.29 is 13.5 Å². The van der Waals surface area contributed by atoms with Crippen LogP contribution in [-0.2, 0) is 0 Å². The van der Waals surface area contributed by atoms with Gasteiger partial charge >= 0.3 is 0 Å². The first kappa shape index (κ1) is 13.2. The number of hydrogen-bond acceptors (Lipinski definition) is 4. The van der Waals surface area contributed by atoms with Crippen LogP contribution in [0.2, 0.25) is 0 Å². The summed E-state index contributed by atoms with van der Waals surface area (Å²) in [6.07, 6.45) is 0.945. The highest BCUT2D eigenvalue weighted by Crippen LogP contribution is 2.22. The Morgan fingerprint density at radius 2 is 2.11 bits per heavy atom. The molecule has 1 heterocycles. The summed E-state index contributed by atoms with van der Waals surface area (Å²) in [7, 11) is 0. The maximum atomic E-state index is 13.4. The average molecular weight is 265 g/mol. The molecule has 1 aromatic heterocycles. The molecule has 2 rings (SSSR count). The second-order valence-electron chi connectivity index (χ2n) is 3.77. The lowest BCUT2D eigenvalue weighted by atomic mass is 10.3. The van der Waals surface area contributed by atoms with Gasteiger partial charge in [0.15, 0.2) is 11.6 Å². The van der Waals surface area contributed by atoms with Crippen LogP contribution in [0.15, 0.2) is 36.5 Å². The molecule has 0 saturated carbocycles. The summed E-state index contributed by atoms with van der Waals surface area (Å²) in [6, 6.07) is 7.68. The monoisotopic (exact) mass is 265 g/mol. The molecule has 0 bridgehead atoms. The summed E-state index contributed by atoms with van der Waals surface area (Å²) in [6.45, 7) is 0.804. The minimum Gasteiger partial charge on any atom is -0.492 e. The number of ether oxygens (including phenoxy) is 1. The highest BCUT2D eigenvalue weighted by Gasteiger charge is 2.06. The number of benzene rings is 1. The van der Waals surface area contributed by atoms with E-state index in [-0.39, 0.29) is 5.82 Å². The molecular formula is C13H13F2N3O. The summed E-state index contributed by atoms with van der Waals surface area (Å²) in [4.78, 5) is 3.64. The molecule has 100 valence electrons. The summed E-state index contributed by atoms with van der Waals surface area (Å²) in [5.74, 6) is -0.910. The molecule has 0 aliphatic heterocycles. The third-order valence-corrected chi connectivity index (χ3v) is 2.29. The number of rotatable bonds is 5. The third kappa shape index (κ3) is 3.62. The second-order valence-corrected chi connectivity index (χ2v) is 3.77. The lowest BCUT2D eigenvalue weighted by Crippen LogP contribution is -2.10. The number of pyridine rings is 1. The molecule has 0 unspecified atom stereocenters. The number of nitrogens with zero attached hydrogens (tertiary/aromatic N) is 1. The maximum absolute atomic E-state index is 13.4. The summed E-state index contributed by atoms with van der Waals surface area (Å²) in [5.41, 5.74) is 5.93. The van der Waals surface area contributed by atoms with E-state index in [0.717, 1.165) is 12.3 Å². The van der Waals surface area contributed by atoms with E-state index in [9.17, 15) is 8.78 Å². The molecule has 0 atom stereocenters. The van der Waals surface area contributed by atoms with E-state index in [1.807, 2.05) is 0 Å². The quantitative estimate of drug-likeness (QED) is 0.871. The van der Waals surface area contributed by atoms with Crippen molar-refractivity contribution in [2.24, 2.45) is 5.73 Å². The van der Waals surface area contributed by atoms with Crippen LogP contribution in [0.1, 0.15) is 0 Å². The van der Waals surface area contributed by atoms with Gasteiger partial charge in [-0.2, -0.15) is 0 Å². The van der Waals surface area contributed by atoms with Crippen LogP contribution >= 0.6 is 0 Å². The van der Waals surface area contributed by atoms with Crippen LogP contribution in [0.3, 0.4) is 0 Å². The van der Waals surface area contributed by atoms with Crippen molar-refractivity contribution in [3.63, 3.8) is 0 Å². The first-order valence-electron chi connectivity index (χ1n) is 5.70. The molecule has 4 nitrogen and oxygen atoms in total. The van der Waals surface area contributed by atoms with E-state index in [1.54, 1.807) is 24.3 Å². The third-order valence-electron chi connectivity index (χ3n) is 2.29. The molecule has 1 aromatic carbocycles. The molecule has 0 spiro atoms. The van der Waals surface area contributed by atoms with Gasteiger partial charge in [0.1, 0.15) is 18.2 Å². The highest BCUT2D eigenvalue weighted by atomic mass is 19.1. The fraction of sp³-hybridized carbons (Fsp3) is 0.154. The largest absolute Gasteiger partial charge is 0.492 e. The molecule has 2 aromatic rings. The number of hydrogen-bond donors (Lipinski definition) is 2. The van der Waals surface area contributed by atoms with Crippen molar-refractivity contribution >= 4 is 11.5 Å². The summed E-state index contributed by atoms with van der Waals surface area (Å²) in [5, 5.41) is 2.75. The minimum absolute atomic E-state index is 0.0441. The highest BCUT2D eigenvalue weighted by molar-refractivity contribution is 5.58. The Kier molecular flexibility index (Phi) is 4.25. The Labute approximate surface area is 109 Å². The smallest absolute Gasteiger partial charge is 0.168 e. The topological polar surface area (TPSA) is 60.2 Å². The summed E-state index contributed by atoms with van der Waals surface area (Å²) < 4.78 is 31.5. The predicted octanol–water partition coefficient (Wildman–Crippen LogP) is 2.44. The second kappa shape index (κ2) is 6.10. The van der Waals surface area contributed by atoms with Crippen molar-refractivity contribution in [1.82, 2.24) is 4.98 Å². The van der Waals surface area contributed by atoms with Gasteiger partial charge in [-0.1, -0.05) is 6.07 Å². The van der Waals surface area contributed by atoms with E-state index < -0.39 is 11.6 Å². The number of anilines is 2. The average Bonchev–Trinajstić information content (AvgIpc) is 2.40. The van der Waals surface area contributed by atoms with Crippen molar-refractivity contribution in [1.29, 1.82) is 0 Å². The van der Waals surface area contributed by atoms with Gasteiger partial charge < -0.3 is 15.8 Å². The Morgan fingerprint density at radius 1 is 1.26 bits per heavy atom. The van der Waals surface area contributed by atoms with Gasteiger partial charge in [-0.15, -0.1) is 0 Å². The standard InChI is InChI=1S/C13H13F2N3O/c14-9-6-12(15)13(17-8-9)18-10-2-1-3-11(7-10)19-5-4-16/h1-3,6-8H,4-5,16H2,(H,17,18).